The van der Waals surface area contributed by atoms with Crippen molar-refractivity contribution >= 4 is 17.7 Å². The zero-order valence-corrected chi connectivity index (χ0v) is 12.8. The molecular weight excluding hydrogens is 256 g/mol. The van der Waals surface area contributed by atoms with Crippen LogP contribution < -0.4 is 11.1 Å². The number of nitrogens with one attached hydrogen (secondary N) is 1. The van der Waals surface area contributed by atoms with Crippen LogP contribution in [0.5, 0.6) is 0 Å². The van der Waals surface area contributed by atoms with Crippen LogP contribution in [0.15, 0.2) is 29.2 Å². The zero-order valence-electron chi connectivity index (χ0n) is 12.0. The summed E-state index contributed by atoms with van der Waals surface area (Å²) < 4.78 is 0. The number of thioether (sulfide) groups is 1. The quantitative estimate of drug-likeness (QED) is 0.754. The van der Waals surface area contributed by atoms with Gasteiger partial charge < -0.3 is 11.1 Å². The Balaban J connectivity index is 2.44. The van der Waals surface area contributed by atoms with E-state index in [4.69, 9.17) is 5.73 Å². The number of hydrogen-bond acceptors (Lipinski definition) is 3. The second-order valence-electron chi connectivity index (χ2n) is 4.76. The molecule has 0 fully saturated rings. The Labute approximate surface area is 120 Å². The average Bonchev–Trinajstić information content (AvgIpc) is 2.45. The van der Waals surface area contributed by atoms with Crippen LogP contribution in [-0.4, -0.2) is 24.7 Å². The van der Waals surface area contributed by atoms with E-state index in [1.807, 2.05) is 26.0 Å². The lowest BCUT2D eigenvalue weighted by Crippen LogP contribution is -2.45. The van der Waals surface area contributed by atoms with Gasteiger partial charge in [-0.3, -0.25) is 4.79 Å². The van der Waals surface area contributed by atoms with E-state index in [1.165, 1.54) is 10.5 Å². The number of benzene rings is 1. The van der Waals surface area contributed by atoms with E-state index in [-0.39, 0.29) is 11.8 Å². The van der Waals surface area contributed by atoms with Crippen molar-refractivity contribution in [2.24, 2.45) is 11.7 Å². The van der Waals surface area contributed by atoms with Gasteiger partial charge in [0.25, 0.3) is 0 Å². The summed E-state index contributed by atoms with van der Waals surface area (Å²) in [6.07, 6.45) is 3.83. The van der Waals surface area contributed by atoms with E-state index < -0.39 is 6.04 Å². The summed E-state index contributed by atoms with van der Waals surface area (Å²) >= 11 is 1.73. The highest BCUT2D eigenvalue weighted by Gasteiger charge is 2.18. The van der Waals surface area contributed by atoms with Crippen molar-refractivity contribution in [1.82, 2.24) is 5.32 Å². The van der Waals surface area contributed by atoms with Crippen molar-refractivity contribution in [2.75, 3.05) is 12.8 Å². The summed E-state index contributed by atoms with van der Waals surface area (Å²) in [5, 5.41) is 2.92. The van der Waals surface area contributed by atoms with Crippen LogP contribution >= 0.6 is 11.8 Å². The molecule has 1 amide bonds. The normalized spacial score (nSPS) is 13.9. The van der Waals surface area contributed by atoms with E-state index in [1.54, 1.807) is 11.8 Å². The van der Waals surface area contributed by atoms with Gasteiger partial charge in [-0.15, -0.1) is 11.8 Å². The number of amides is 1. The minimum atomic E-state index is -0.402. The molecule has 0 saturated heterocycles. The summed E-state index contributed by atoms with van der Waals surface area (Å²) in [4.78, 5) is 13.1. The highest BCUT2D eigenvalue weighted by atomic mass is 32.2. The second kappa shape index (κ2) is 8.23. The predicted octanol–water partition coefficient (Wildman–Crippen LogP) is 2.44. The first-order valence-electron chi connectivity index (χ1n) is 6.75. The molecule has 0 aliphatic rings. The highest BCUT2D eigenvalue weighted by Crippen LogP contribution is 2.19. The maximum atomic E-state index is 11.8. The Morgan fingerprint density at radius 2 is 2.11 bits per heavy atom. The van der Waals surface area contributed by atoms with Gasteiger partial charge in [0, 0.05) is 11.4 Å². The fraction of sp³-hybridized carbons (Fsp3) is 0.533. The van der Waals surface area contributed by atoms with E-state index in [0.29, 0.717) is 6.54 Å². The van der Waals surface area contributed by atoms with Crippen LogP contribution in [0.25, 0.3) is 0 Å². The topological polar surface area (TPSA) is 55.1 Å². The van der Waals surface area contributed by atoms with Crippen LogP contribution in [0.3, 0.4) is 0 Å². The standard InChI is InChI=1S/C15H24N2OS/c1-4-11(2)14(16)15(18)17-10-9-12-7-5-6-8-13(12)19-3/h5-8,11,14H,4,9-10,16H2,1-3H3,(H,17,18)/t11?,14-/m0/s1. The minimum absolute atomic E-state index is 0.0454. The lowest BCUT2D eigenvalue weighted by atomic mass is 9.99. The number of rotatable bonds is 7. The van der Waals surface area contributed by atoms with Crippen molar-refractivity contribution in [3.8, 4) is 0 Å². The molecule has 4 heteroatoms. The Hall–Kier alpha value is -1.00. The van der Waals surface area contributed by atoms with Crippen LogP contribution in [0.2, 0.25) is 0 Å². The maximum Gasteiger partial charge on any atom is 0.237 e. The van der Waals surface area contributed by atoms with Crippen LogP contribution in [-0.2, 0) is 11.2 Å². The molecule has 0 saturated carbocycles. The Morgan fingerprint density at radius 3 is 2.74 bits per heavy atom. The van der Waals surface area contributed by atoms with Crippen LogP contribution in [0, 0.1) is 5.92 Å². The second-order valence-corrected chi connectivity index (χ2v) is 5.61. The fourth-order valence-corrected chi connectivity index (χ4v) is 2.51. The van der Waals surface area contributed by atoms with Crippen LogP contribution in [0.1, 0.15) is 25.8 Å². The average molecular weight is 280 g/mol. The van der Waals surface area contributed by atoms with Crippen molar-refractivity contribution in [1.29, 1.82) is 0 Å². The van der Waals surface area contributed by atoms with Crippen molar-refractivity contribution in [2.45, 2.75) is 37.6 Å². The molecule has 106 valence electrons. The fourth-order valence-electron chi connectivity index (χ4n) is 1.86. The number of carbonyl (C=O) groups excluding carboxylic acids is 1. The van der Waals surface area contributed by atoms with E-state index >= 15 is 0 Å². The van der Waals surface area contributed by atoms with Gasteiger partial charge in [-0.2, -0.15) is 0 Å². The third-order valence-electron chi connectivity index (χ3n) is 3.45. The molecule has 0 spiro atoms. The first kappa shape index (κ1) is 16.1. The summed E-state index contributed by atoms with van der Waals surface area (Å²) in [5.41, 5.74) is 7.16. The number of hydrogen-bond donors (Lipinski definition) is 2. The lowest BCUT2D eigenvalue weighted by Gasteiger charge is -2.17. The first-order chi connectivity index (χ1) is 9.10. The molecule has 2 atom stereocenters. The van der Waals surface area contributed by atoms with E-state index in [0.717, 1.165) is 12.8 Å². The molecule has 1 rings (SSSR count). The van der Waals surface area contributed by atoms with E-state index in [9.17, 15) is 4.79 Å². The van der Waals surface area contributed by atoms with Gasteiger partial charge in [0.15, 0.2) is 0 Å². The number of nitrogens with two attached hydrogens (primary N) is 1. The van der Waals surface area contributed by atoms with Crippen molar-refractivity contribution in [3.63, 3.8) is 0 Å². The van der Waals surface area contributed by atoms with Gasteiger partial charge in [0.1, 0.15) is 0 Å². The molecule has 3 N–H and O–H groups in total. The third kappa shape index (κ3) is 4.88. The zero-order chi connectivity index (χ0) is 14.3. The molecule has 0 aromatic heterocycles. The summed E-state index contributed by atoms with van der Waals surface area (Å²) in [6.45, 7) is 4.69. The largest absolute Gasteiger partial charge is 0.354 e. The summed E-state index contributed by atoms with van der Waals surface area (Å²) in [7, 11) is 0. The lowest BCUT2D eigenvalue weighted by molar-refractivity contribution is -0.123. The van der Waals surface area contributed by atoms with Crippen molar-refractivity contribution in [3.05, 3.63) is 29.8 Å². The Morgan fingerprint density at radius 1 is 1.42 bits per heavy atom. The minimum Gasteiger partial charge on any atom is -0.354 e. The smallest absolute Gasteiger partial charge is 0.237 e. The molecule has 3 nitrogen and oxygen atoms in total. The van der Waals surface area contributed by atoms with Gasteiger partial charge in [-0.25, -0.2) is 0 Å². The first-order valence-corrected chi connectivity index (χ1v) is 7.97. The highest BCUT2D eigenvalue weighted by molar-refractivity contribution is 7.98. The van der Waals surface area contributed by atoms with Gasteiger partial charge >= 0.3 is 0 Å². The summed E-state index contributed by atoms with van der Waals surface area (Å²) in [5.74, 6) is 0.175. The molecule has 0 aliphatic carbocycles. The van der Waals surface area contributed by atoms with Crippen molar-refractivity contribution < 1.29 is 4.79 Å². The van der Waals surface area contributed by atoms with Gasteiger partial charge in [-0.1, -0.05) is 38.5 Å². The van der Waals surface area contributed by atoms with Gasteiger partial charge in [0.05, 0.1) is 6.04 Å². The number of carbonyl (C=O) groups is 1. The molecule has 1 unspecified atom stereocenters. The van der Waals surface area contributed by atoms with Crippen LogP contribution in [0.4, 0.5) is 0 Å². The molecule has 1 aromatic rings. The molecule has 0 bridgehead atoms. The maximum absolute atomic E-state index is 11.8. The molecule has 1 aromatic carbocycles. The molecule has 19 heavy (non-hydrogen) atoms. The molecule has 0 heterocycles. The Bertz CT molecular complexity index is 409. The van der Waals surface area contributed by atoms with E-state index in [2.05, 4.69) is 23.7 Å². The van der Waals surface area contributed by atoms with Gasteiger partial charge in [0.2, 0.25) is 5.91 Å². The SMILES string of the molecule is CCC(C)[C@H](N)C(=O)NCCc1ccccc1SC. The monoisotopic (exact) mass is 280 g/mol. The molecular formula is C15H24N2OS. The molecule has 0 radical (unpaired) electrons. The Kier molecular flexibility index (Phi) is 6.95. The van der Waals surface area contributed by atoms with Gasteiger partial charge in [-0.05, 0) is 30.2 Å². The summed E-state index contributed by atoms with van der Waals surface area (Å²) in [6, 6.07) is 7.87. The predicted molar refractivity (Wildman–Crippen MR) is 82.4 cm³/mol. The third-order valence-corrected chi connectivity index (χ3v) is 4.28. The molecule has 0 aliphatic heterocycles.